The zero-order chi connectivity index (χ0) is 13.5. The number of aromatic carboxylic acids is 1. The molecule has 18 heavy (non-hydrogen) atoms. The van der Waals surface area contributed by atoms with Gasteiger partial charge in [0.2, 0.25) is 0 Å². The molecule has 0 fully saturated rings. The Labute approximate surface area is 104 Å². The first-order chi connectivity index (χ1) is 8.54. The number of carbonyl (C=O) groups excluding carboxylic acids is 1. The SMILES string of the molecule is CCOC(=O)CC=Cc1ccc(F)cc1C(=O)O. The Morgan fingerprint density at radius 1 is 1.44 bits per heavy atom. The number of ether oxygens (including phenoxy) is 1. The van der Waals surface area contributed by atoms with Crippen LogP contribution in [0.2, 0.25) is 0 Å². The maximum absolute atomic E-state index is 12.9. The number of benzene rings is 1. The number of halogens is 1. The summed E-state index contributed by atoms with van der Waals surface area (Å²) in [5.41, 5.74) is 0.198. The van der Waals surface area contributed by atoms with Gasteiger partial charge in [-0.15, -0.1) is 0 Å². The molecule has 1 aromatic carbocycles. The molecule has 0 amide bonds. The van der Waals surface area contributed by atoms with Crippen LogP contribution < -0.4 is 0 Å². The minimum absolute atomic E-state index is 0.0459. The molecule has 4 nitrogen and oxygen atoms in total. The van der Waals surface area contributed by atoms with E-state index in [0.717, 1.165) is 12.1 Å². The van der Waals surface area contributed by atoms with Crippen molar-refractivity contribution in [2.75, 3.05) is 6.61 Å². The maximum atomic E-state index is 12.9. The van der Waals surface area contributed by atoms with Gasteiger partial charge in [0.05, 0.1) is 18.6 Å². The Morgan fingerprint density at radius 3 is 2.78 bits per heavy atom. The van der Waals surface area contributed by atoms with Crippen LogP contribution in [0.25, 0.3) is 6.08 Å². The molecule has 0 aromatic heterocycles. The fourth-order valence-electron chi connectivity index (χ4n) is 1.36. The Bertz CT molecular complexity index is 480. The van der Waals surface area contributed by atoms with Gasteiger partial charge in [0.15, 0.2) is 0 Å². The number of rotatable bonds is 5. The maximum Gasteiger partial charge on any atom is 0.336 e. The summed E-state index contributed by atoms with van der Waals surface area (Å²) in [6.45, 7) is 1.99. The minimum Gasteiger partial charge on any atom is -0.478 e. The highest BCUT2D eigenvalue weighted by atomic mass is 19.1. The molecule has 0 unspecified atom stereocenters. The third-order valence-corrected chi connectivity index (χ3v) is 2.13. The second-order valence-corrected chi connectivity index (χ2v) is 3.45. The molecule has 0 spiro atoms. The van der Waals surface area contributed by atoms with E-state index in [1.54, 1.807) is 6.92 Å². The van der Waals surface area contributed by atoms with Gasteiger partial charge in [-0.3, -0.25) is 4.79 Å². The Morgan fingerprint density at radius 2 is 2.17 bits per heavy atom. The van der Waals surface area contributed by atoms with Crippen LogP contribution in [-0.4, -0.2) is 23.7 Å². The smallest absolute Gasteiger partial charge is 0.336 e. The second-order valence-electron chi connectivity index (χ2n) is 3.45. The van der Waals surface area contributed by atoms with Crippen LogP contribution in [0.1, 0.15) is 29.3 Å². The summed E-state index contributed by atoms with van der Waals surface area (Å²) in [4.78, 5) is 21.9. The van der Waals surface area contributed by atoms with Crippen molar-refractivity contribution in [1.82, 2.24) is 0 Å². The van der Waals surface area contributed by atoms with Gasteiger partial charge in [0.1, 0.15) is 5.82 Å². The van der Waals surface area contributed by atoms with Crippen LogP contribution >= 0.6 is 0 Å². The molecule has 0 aliphatic carbocycles. The first-order valence-corrected chi connectivity index (χ1v) is 5.39. The fraction of sp³-hybridized carbons (Fsp3) is 0.231. The average Bonchev–Trinajstić information content (AvgIpc) is 2.31. The number of carboxylic acid groups (broad SMARTS) is 1. The first-order valence-electron chi connectivity index (χ1n) is 5.39. The lowest BCUT2D eigenvalue weighted by Crippen LogP contribution is -2.02. The zero-order valence-corrected chi connectivity index (χ0v) is 9.85. The molecule has 96 valence electrons. The van der Waals surface area contributed by atoms with Gasteiger partial charge in [-0.2, -0.15) is 0 Å². The van der Waals surface area contributed by atoms with Gasteiger partial charge < -0.3 is 9.84 Å². The molecule has 0 heterocycles. The van der Waals surface area contributed by atoms with Crippen LogP contribution in [0, 0.1) is 5.82 Å². The number of carbonyl (C=O) groups is 2. The lowest BCUT2D eigenvalue weighted by atomic mass is 10.1. The predicted octanol–water partition coefficient (Wildman–Crippen LogP) is 2.49. The Balaban J connectivity index is 2.81. The lowest BCUT2D eigenvalue weighted by Gasteiger charge is -2.01. The third-order valence-electron chi connectivity index (χ3n) is 2.13. The van der Waals surface area contributed by atoms with Gasteiger partial charge in [-0.05, 0) is 24.6 Å². The van der Waals surface area contributed by atoms with Gasteiger partial charge in [-0.25, -0.2) is 9.18 Å². The predicted molar refractivity (Wildman–Crippen MR) is 63.6 cm³/mol. The molecule has 0 saturated heterocycles. The molecular formula is C13H13FO4. The van der Waals surface area contributed by atoms with E-state index in [4.69, 9.17) is 9.84 Å². The van der Waals surface area contributed by atoms with Gasteiger partial charge >= 0.3 is 11.9 Å². The van der Waals surface area contributed by atoms with Crippen molar-refractivity contribution < 1.29 is 23.8 Å². The topological polar surface area (TPSA) is 63.6 Å². The van der Waals surface area contributed by atoms with Crippen molar-refractivity contribution in [3.05, 3.63) is 41.2 Å². The standard InChI is InChI=1S/C13H13FO4/c1-2-18-12(15)5-3-4-9-6-7-10(14)8-11(9)13(16)17/h3-4,6-8H,2,5H2,1H3,(H,16,17). The van der Waals surface area contributed by atoms with Gasteiger partial charge in [-0.1, -0.05) is 18.2 Å². The molecule has 0 atom stereocenters. The first kappa shape index (κ1) is 13.9. The molecule has 0 radical (unpaired) electrons. The molecule has 0 aliphatic heterocycles. The van der Waals surface area contributed by atoms with E-state index in [0.29, 0.717) is 12.2 Å². The van der Waals surface area contributed by atoms with Crippen molar-refractivity contribution in [2.24, 2.45) is 0 Å². The summed E-state index contributed by atoms with van der Waals surface area (Å²) in [7, 11) is 0. The normalized spacial score (nSPS) is 10.6. The molecule has 0 bridgehead atoms. The fourth-order valence-corrected chi connectivity index (χ4v) is 1.36. The van der Waals surface area contributed by atoms with E-state index in [-0.39, 0.29) is 12.0 Å². The highest BCUT2D eigenvalue weighted by molar-refractivity contribution is 5.92. The van der Waals surface area contributed by atoms with Gasteiger partial charge in [0.25, 0.3) is 0 Å². The van der Waals surface area contributed by atoms with E-state index >= 15 is 0 Å². The number of hydrogen-bond donors (Lipinski definition) is 1. The van der Waals surface area contributed by atoms with E-state index in [2.05, 4.69) is 0 Å². The van der Waals surface area contributed by atoms with E-state index in [9.17, 15) is 14.0 Å². The summed E-state index contributed by atoms with van der Waals surface area (Å²) in [6.07, 6.45) is 2.99. The van der Waals surface area contributed by atoms with Crippen LogP contribution in [0.3, 0.4) is 0 Å². The highest BCUT2D eigenvalue weighted by Gasteiger charge is 2.09. The zero-order valence-electron chi connectivity index (χ0n) is 9.85. The summed E-state index contributed by atoms with van der Waals surface area (Å²) in [5, 5.41) is 8.89. The third kappa shape index (κ3) is 4.01. The average molecular weight is 252 g/mol. The quantitative estimate of drug-likeness (QED) is 0.818. The van der Waals surface area contributed by atoms with Crippen LogP contribution in [0.4, 0.5) is 4.39 Å². The molecule has 0 saturated carbocycles. The van der Waals surface area contributed by atoms with Crippen LogP contribution in [0.15, 0.2) is 24.3 Å². The van der Waals surface area contributed by atoms with E-state index < -0.39 is 17.8 Å². The minimum atomic E-state index is -1.22. The second kappa shape index (κ2) is 6.54. The summed E-state index contributed by atoms with van der Waals surface area (Å²) in [5.74, 6) is -2.23. The summed E-state index contributed by atoms with van der Waals surface area (Å²) >= 11 is 0. The number of hydrogen-bond acceptors (Lipinski definition) is 3. The molecule has 1 aromatic rings. The largest absolute Gasteiger partial charge is 0.478 e. The monoisotopic (exact) mass is 252 g/mol. The lowest BCUT2D eigenvalue weighted by molar-refractivity contribution is -0.142. The van der Waals surface area contributed by atoms with Crippen LogP contribution in [0.5, 0.6) is 0 Å². The van der Waals surface area contributed by atoms with Crippen molar-refractivity contribution in [3.8, 4) is 0 Å². The summed E-state index contributed by atoms with van der Waals surface area (Å²) in [6, 6.07) is 3.45. The number of esters is 1. The Hall–Kier alpha value is -2.17. The molecule has 1 N–H and O–H groups in total. The highest BCUT2D eigenvalue weighted by Crippen LogP contribution is 2.13. The molecule has 0 aliphatic rings. The number of carboxylic acids is 1. The summed E-state index contributed by atoms with van der Waals surface area (Å²) < 4.78 is 17.6. The van der Waals surface area contributed by atoms with Crippen molar-refractivity contribution in [3.63, 3.8) is 0 Å². The van der Waals surface area contributed by atoms with Crippen molar-refractivity contribution >= 4 is 18.0 Å². The van der Waals surface area contributed by atoms with Gasteiger partial charge in [0, 0.05) is 0 Å². The van der Waals surface area contributed by atoms with Crippen molar-refractivity contribution in [1.29, 1.82) is 0 Å². The molecular weight excluding hydrogens is 239 g/mol. The Kier molecular flexibility index (Phi) is 5.05. The van der Waals surface area contributed by atoms with Crippen LogP contribution in [-0.2, 0) is 9.53 Å². The van der Waals surface area contributed by atoms with E-state index in [1.807, 2.05) is 0 Å². The van der Waals surface area contributed by atoms with Crippen molar-refractivity contribution in [2.45, 2.75) is 13.3 Å². The van der Waals surface area contributed by atoms with E-state index in [1.165, 1.54) is 18.2 Å². The molecule has 5 heteroatoms. The molecule has 1 rings (SSSR count).